The van der Waals surface area contributed by atoms with Crippen LogP contribution in [0.5, 0.6) is 0 Å². The first-order valence-corrected chi connectivity index (χ1v) is 14.8. The standard InChI is InChI=1S/C31H52O5/c1-19(16-20(35-6)8-11-26(34)36-7)21-17-25(33)29(5)23-10-9-22-27(2,3)24(32)12-13-30(22)18-31(23,30)15-14-28(21,29)4/h19-25,32-33H,8-18H2,1-7H3/t19-,20?,21?,22+,23+,24+,25+,28-,29?,30-,31?/m1/s1. The lowest BCUT2D eigenvalue weighted by atomic mass is 9.41. The fraction of sp³-hybridized carbons (Fsp3) is 0.968. The summed E-state index contributed by atoms with van der Waals surface area (Å²) in [6.07, 6.45) is 10.8. The van der Waals surface area contributed by atoms with Crippen LogP contribution in [-0.4, -0.2) is 48.7 Å². The maximum Gasteiger partial charge on any atom is 0.305 e. The third-order valence-corrected chi connectivity index (χ3v) is 13.8. The molecule has 5 rings (SSSR count). The number of aliphatic hydroxyl groups excluding tert-OH is 2. The average molecular weight is 505 g/mol. The van der Waals surface area contributed by atoms with Gasteiger partial charge >= 0.3 is 5.97 Å². The Hall–Kier alpha value is -0.650. The fourth-order valence-electron chi connectivity index (χ4n) is 11.6. The summed E-state index contributed by atoms with van der Waals surface area (Å²) in [5.74, 6) is 1.91. The number of aliphatic hydroxyl groups is 2. The maximum absolute atomic E-state index is 11.8. The highest BCUT2D eigenvalue weighted by Crippen LogP contribution is 2.89. The Morgan fingerprint density at radius 2 is 1.61 bits per heavy atom. The van der Waals surface area contributed by atoms with Gasteiger partial charge in [0.15, 0.2) is 0 Å². The number of carbonyl (C=O) groups is 1. The molecular weight excluding hydrogens is 452 g/mol. The smallest absolute Gasteiger partial charge is 0.305 e. The molecule has 5 nitrogen and oxygen atoms in total. The van der Waals surface area contributed by atoms with Crippen molar-refractivity contribution in [3.05, 3.63) is 0 Å². The van der Waals surface area contributed by atoms with E-state index in [1.807, 2.05) is 0 Å². The van der Waals surface area contributed by atoms with Gasteiger partial charge < -0.3 is 19.7 Å². The molecule has 0 aliphatic heterocycles. The van der Waals surface area contributed by atoms with E-state index in [9.17, 15) is 15.0 Å². The maximum atomic E-state index is 11.8. The predicted octanol–water partition coefficient (Wildman–Crippen LogP) is 5.75. The average Bonchev–Trinajstić information content (AvgIpc) is 3.46. The number of carbonyl (C=O) groups excluding carboxylic acids is 1. The van der Waals surface area contributed by atoms with Crippen molar-refractivity contribution in [2.45, 2.75) is 124 Å². The van der Waals surface area contributed by atoms with E-state index in [0.29, 0.717) is 47.3 Å². The summed E-state index contributed by atoms with van der Waals surface area (Å²) in [5, 5.41) is 22.7. The molecule has 0 aromatic heterocycles. The summed E-state index contributed by atoms with van der Waals surface area (Å²) in [6, 6.07) is 0. The van der Waals surface area contributed by atoms with Gasteiger partial charge in [-0.25, -0.2) is 0 Å². The van der Waals surface area contributed by atoms with Gasteiger partial charge in [-0.2, -0.15) is 0 Å². The quantitative estimate of drug-likeness (QED) is 0.432. The van der Waals surface area contributed by atoms with E-state index in [1.54, 1.807) is 7.11 Å². The molecule has 5 aliphatic rings. The molecule has 0 amide bonds. The Morgan fingerprint density at radius 3 is 2.28 bits per heavy atom. The molecule has 0 saturated heterocycles. The van der Waals surface area contributed by atoms with Gasteiger partial charge in [-0.1, -0.05) is 34.6 Å². The van der Waals surface area contributed by atoms with E-state index in [0.717, 1.165) is 19.3 Å². The van der Waals surface area contributed by atoms with Crippen molar-refractivity contribution in [3.63, 3.8) is 0 Å². The van der Waals surface area contributed by atoms with Gasteiger partial charge in [-0.3, -0.25) is 4.79 Å². The highest BCUT2D eigenvalue weighted by Gasteiger charge is 2.83. The Bertz CT molecular complexity index is 871. The van der Waals surface area contributed by atoms with Crippen LogP contribution in [0.4, 0.5) is 0 Å². The molecule has 0 bridgehead atoms. The van der Waals surface area contributed by atoms with Gasteiger partial charge in [-0.05, 0) is 110 Å². The van der Waals surface area contributed by atoms with E-state index in [1.165, 1.54) is 45.6 Å². The van der Waals surface area contributed by atoms with Gasteiger partial charge in [-0.15, -0.1) is 0 Å². The number of esters is 1. The van der Waals surface area contributed by atoms with Crippen LogP contribution in [-0.2, 0) is 14.3 Å². The fourth-order valence-corrected chi connectivity index (χ4v) is 11.6. The van der Waals surface area contributed by atoms with Crippen molar-refractivity contribution < 1.29 is 24.5 Å². The van der Waals surface area contributed by atoms with Crippen molar-refractivity contribution in [3.8, 4) is 0 Å². The van der Waals surface area contributed by atoms with Crippen LogP contribution in [0.3, 0.4) is 0 Å². The summed E-state index contributed by atoms with van der Waals surface area (Å²) in [4.78, 5) is 11.7. The largest absolute Gasteiger partial charge is 0.469 e. The Kier molecular flexibility index (Phi) is 6.49. The van der Waals surface area contributed by atoms with Gasteiger partial charge in [0.2, 0.25) is 0 Å². The lowest BCUT2D eigenvalue weighted by Gasteiger charge is -2.63. The molecule has 11 atom stereocenters. The molecule has 4 unspecified atom stereocenters. The van der Waals surface area contributed by atoms with Crippen molar-refractivity contribution in [2.24, 2.45) is 50.7 Å². The number of ether oxygens (including phenoxy) is 2. The molecule has 2 spiro atoms. The SMILES string of the molecule is COC(=O)CCC(C[C@@H](C)C1C[C@H](O)C2(C)[C@@H]3CC[C@H]4C(C)(C)[C@@H](O)CC[C@@]45CC35CC[C@]12C)OC. The summed E-state index contributed by atoms with van der Waals surface area (Å²) in [7, 11) is 3.19. The molecule has 5 heteroatoms. The second kappa shape index (κ2) is 8.68. The van der Waals surface area contributed by atoms with Crippen LogP contribution in [0.1, 0.15) is 105 Å². The van der Waals surface area contributed by atoms with Gasteiger partial charge in [0.05, 0.1) is 25.4 Å². The van der Waals surface area contributed by atoms with E-state index in [2.05, 4.69) is 34.6 Å². The monoisotopic (exact) mass is 504 g/mol. The number of hydrogen-bond donors (Lipinski definition) is 2. The van der Waals surface area contributed by atoms with Crippen LogP contribution in [0.25, 0.3) is 0 Å². The molecule has 2 N–H and O–H groups in total. The minimum absolute atomic E-state index is 0.000912. The highest BCUT2D eigenvalue weighted by molar-refractivity contribution is 5.69. The number of rotatable bonds is 7. The molecule has 0 radical (unpaired) electrons. The zero-order chi connectivity index (χ0) is 26.3. The molecule has 0 aromatic rings. The van der Waals surface area contributed by atoms with E-state index in [4.69, 9.17) is 9.47 Å². The van der Waals surface area contributed by atoms with Crippen LogP contribution in [0.2, 0.25) is 0 Å². The number of hydrogen-bond acceptors (Lipinski definition) is 5. The van der Waals surface area contributed by atoms with Crippen molar-refractivity contribution in [2.75, 3.05) is 14.2 Å². The first kappa shape index (κ1) is 26.9. The van der Waals surface area contributed by atoms with E-state index in [-0.39, 0.29) is 40.5 Å². The molecule has 206 valence electrons. The lowest BCUT2D eigenvalue weighted by Crippen LogP contribution is -2.59. The molecule has 5 fully saturated rings. The molecule has 5 aliphatic carbocycles. The summed E-state index contributed by atoms with van der Waals surface area (Å²) < 4.78 is 10.6. The summed E-state index contributed by atoms with van der Waals surface area (Å²) in [6.45, 7) is 11.9. The first-order chi connectivity index (χ1) is 16.8. The highest BCUT2D eigenvalue weighted by atomic mass is 16.5. The molecule has 0 aromatic carbocycles. The van der Waals surface area contributed by atoms with E-state index >= 15 is 0 Å². The van der Waals surface area contributed by atoms with Crippen LogP contribution in [0, 0.1) is 50.7 Å². The lowest BCUT2D eigenvalue weighted by molar-refractivity contribution is -0.182. The van der Waals surface area contributed by atoms with Gasteiger partial charge in [0, 0.05) is 18.9 Å². The number of fused-ring (bicyclic) bond motifs is 2. The van der Waals surface area contributed by atoms with Crippen LogP contribution in [0.15, 0.2) is 0 Å². The zero-order valence-electron chi connectivity index (χ0n) is 23.9. The minimum Gasteiger partial charge on any atom is -0.469 e. The van der Waals surface area contributed by atoms with Gasteiger partial charge in [0.25, 0.3) is 0 Å². The third kappa shape index (κ3) is 3.33. The topological polar surface area (TPSA) is 76.0 Å². The Labute approximate surface area is 219 Å². The minimum atomic E-state index is -0.260. The summed E-state index contributed by atoms with van der Waals surface area (Å²) in [5.41, 5.74) is 0.812. The zero-order valence-corrected chi connectivity index (χ0v) is 23.9. The summed E-state index contributed by atoms with van der Waals surface area (Å²) >= 11 is 0. The van der Waals surface area contributed by atoms with Crippen molar-refractivity contribution in [1.82, 2.24) is 0 Å². The third-order valence-electron chi connectivity index (χ3n) is 13.8. The Balaban J connectivity index is 1.38. The van der Waals surface area contributed by atoms with Crippen molar-refractivity contribution in [1.29, 1.82) is 0 Å². The van der Waals surface area contributed by atoms with Gasteiger partial charge in [0.1, 0.15) is 0 Å². The first-order valence-electron chi connectivity index (χ1n) is 14.8. The predicted molar refractivity (Wildman–Crippen MR) is 140 cm³/mol. The molecule has 36 heavy (non-hydrogen) atoms. The Morgan fingerprint density at radius 1 is 0.944 bits per heavy atom. The van der Waals surface area contributed by atoms with Crippen LogP contribution >= 0.6 is 0 Å². The molecular formula is C31H52O5. The second-order valence-corrected chi connectivity index (χ2v) is 14.8. The number of methoxy groups -OCH3 is 2. The molecule has 0 heterocycles. The normalized spacial score (nSPS) is 50.2. The van der Waals surface area contributed by atoms with Crippen molar-refractivity contribution >= 4 is 5.97 Å². The second-order valence-electron chi connectivity index (χ2n) is 14.8. The molecule has 5 saturated carbocycles. The van der Waals surface area contributed by atoms with E-state index < -0.39 is 0 Å². The van der Waals surface area contributed by atoms with Crippen LogP contribution < -0.4 is 0 Å².